The van der Waals surface area contributed by atoms with Crippen molar-refractivity contribution in [2.75, 3.05) is 18.4 Å². The van der Waals surface area contributed by atoms with Crippen LogP contribution in [0.1, 0.15) is 40.2 Å². The number of piperidine rings is 1. The van der Waals surface area contributed by atoms with Crippen LogP contribution in [-0.4, -0.2) is 34.8 Å². The van der Waals surface area contributed by atoms with Crippen LogP contribution in [-0.2, 0) is 0 Å². The molecule has 1 N–H and O–H groups in total. The van der Waals surface area contributed by atoms with Crippen LogP contribution in [0.15, 0.2) is 46.9 Å². The fourth-order valence-electron chi connectivity index (χ4n) is 2.67. The third-order valence-corrected chi connectivity index (χ3v) is 4.47. The second-order valence-electron chi connectivity index (χ2n) is 5.72. The number of benzene rings is 1. The van der Waals surface area contributed by atoms with Gasteiger partial charge in [0.25, 0.3) is 11.8 Å². The highest BCUT2D eigenvalue weighted by atomic mass is 79.9. The molecule has 6 heteroatoms. The first-order valence-corrected chi connectivity index (χ1v) is 8.76. The van der Waals surface area contributed by atoms with Crippen LogP contribution >= 0.6 is 15.9 Å². The van der Waals surface area contributed by atoms with E-state index in [1.165, 1.54) is 0 Å². The van der Waals surface area contributed by atoms with Gasteiger partial charge in [-0.3, -0.25) is 9.59 Å². The fourth-order valence-corrected chi connectivity index (χ4v) is 2.93. The molecule has 0 saturated carbocycles. The number of pyridine rings is 1. The van der Waals surface area contributed by atoms with Crippen molar-refractivity contribution in [2.24, 2.45) is 0 Å². The SMILES string of the molecule is O=C(Nc1ccc(Br)cc1)c1cccc(C(=O)N2CCCCC2)n1. The molecule has 1 aromatic carbocycles. The van der Waals surface area contributed by atoms with E-state index < -0.39 is 0 Å². The van der Waals surface area contributed by atoms with Gasteiger partial charge < -0.3 is 10.2 Å². The first-order valence-electron chi connectivity index (χ1n) is 7.97. The molecule has 0 bridgehead atoms. The standard InChI is InChI=1S/C18H18BrN3O2/c19-13-7-9-14(10-8-13)20-17(23)15-5-4-6-16(21-15)18(24)22-11-2-1-3-12-22/h4-10H,1-3,11-12H2,(H,20,23). The van der Waals surface area contributed by atoms with Crippen LogP contribution in [0.5, 0.6) is 0 Å². The van der Waals surface area contributed by atoms with Crippen molar-refractivity contribution in [3.63, 3.8) is 0 Å². The summed E-state index contributed by atoms with van der Waals surface area (Å²) in [7, 11) is 0. The van der Waals surface area contributed by atoms with Crippen LogP contribution < -0.4 is 5.32 Å². The molecule has 0 unspecified atom stereocenters. The molecule has 2 heterocycles. The molecule has 3 rings (SSSR count). The fraction of sp³-hybridized carbons (Fsp3) is 0.278. The van der Waals surface area contributed by atoms with Crippen LogP contribution in [0.2, 0.25) is 0 Å². The molecule has 1 aliphatic rings. The Balaban J connectivity index is 1.73. The van der Waals surface area contributed by atoms with Gasteiger partial charge in [-0.15, -0.1) is 0 Å². The number of carbonyl (C=O) groups is 2. The highest BCUT2D eigenvalue weighted by Gasteiger charge is 2.20. The van der Waals surface area contributed by atoms with E-state index in [4.69, 9.17) is 0 Å². The van der Waals surface area contributed by atoms with Gasteiger partial charge in [0.05, 0.1) is 0 Å². The molecular weight excluding hydrogens is 370 g/mol. The summed E-state index contributed by atoms with van der Waals surface area (Å²) in [6.07, 6.45) is 3.21. The van der Waals surface area contributed by atoms with E-state index >= 15 is 0 Å². The molecule has 1 saturated heterocycles. The number of halogens is 1. The summed E-state index contributed by atoms with van der Waals surface area (Å²) in [5.74, 6) is -0.432. The first kappa shape index (κ1) is 16.6. The number of carbonyl (C=O) groups excluding carboxylic acids is 2. The topological polar surface area (TPSA) is 62.3 Å². The molecule has 0 atom stereocenters. The number of hydrogen-bond acceptors (Lipinski definition) is 3. The second kappa shape index (κ2) is 7.57. The van der Waals surface area contributed by atoms with Crippen molar-refractivity contribution < 1.29 is 9.59 Å². The normalized spacial score (nSPS) is 14.3. The average molecular weight is 388 g/mol. The molecule has 0 aliphatic carbocycles. The largest absolute Gasteiger partial charge is 0.337 e. The summed E-state index contributed by atoms with van der Waals surface area (Å²) in [6, 6.07) is 12.3. The monoisotopic (exact) mass is 387 g/mol. The van der Waals surface area contributed by atoms with Gasteiger partial charge in [0.2, 0.25) is 0 Å². The molecule has 1 fully saturated rings. The quantitative estimate of drug-likeness (QED) is 0.872. The number of amides is 2. The molecule has 1 aliphatic heterocycles. The Kier molecular flexibility index (Phi) is 5.25. The molecule has 2 amide bonds. The Morgan fingerprint density at radius 3 is 2.33 bits per heavy atom. The van der Waals surface area contributed by atoms with Crippen molar-refractivity contribution in [3.05, 3.63) is 58.3 Å². The summed E-state index contributed by atoms with van der Waals surface area (Å²) in [4.78, 5) is 30.9. The van der Waals surface area contributed by atoms with Gasteiger partial charge in [0.1, 0.15) is 11.4 Å². The molecule has 1 aromatic heterocycles. The number of rotatable bonds is 3. The Morgan fingerprint density at radius 2 is 1.62 bits per heavy atom. The van der Waals surface area contributed by atoms with Crippen molar-refractivity contribution in [1.29, 1.82) is 0 Å². The maximum absolute atomic E-state index is 12.5. The van der Waals surface area contributed by atoms with Gasteiger partial charge >= 0.3 is 0 Å². The highest BCUT2D eigenvalue weighted by Crippen LogP contribution is 2.16. The molecule has 124 valence electrons. The maximum Gasteiger partial charge on any atom is 0.274 e. The van der Waals surface area contributed by atoms with Gasteiger partial charge in [0.15, 0.2) is 0 Å². The molecule has 0 radical (unpaired) electrons. The predicted molar refractivity (Wildman–Crippen MR) is 96.1 cm³/mol. The minimum atomic E-state index is -0.328. The molecule has 5 nitrogen and oxygen atoms in total. The molecule has 2 aromatic rings. The minimum absolute atomic E-state index is 0.104. The van der Waals surface area contributed by atoms with Gasteiger partial charge in [-0.1, -0.05) is 22.0 Å². The van der Waals surface area contributed by atoms with Crippen LogP contribution in [0.4, 0.5) is 5.69 Å². The van der Waals surface area contributed by atoms with Crippen molar-refractivity contribution >= 4 is 33.4 Å². The van der Waals surface area contributed by atoms with Gasteiger partial charge in [-0.2, -0.15) is 0 Å². The van der Waals surface area contributed by atoms with Crippen LogP contribution in [0.25, 0.3) is 0 Å². The summed E-state index contributed by atoms with van der Waals surface area (Å²) >= 11 is 3.35. The van der Waals surface area contributed by atoms with Gasteiger partial charge in [0, 0.05) is 23.2 Å². The van der Waals surface area contributed by atoms with E-state index in [2.05, 4.69) is 26.2 Å². The van der Waals surface area contributed by atoms with E-state index in [-0.39, 0.29) is 17.5 Å². The predicted octanol–water partition coefficient (Wildman–Crippen LogP) is 3.72. The number of anilines is 1. The van der Waals surface area contributed by atoms with E-state index in [1.54, 1.807) is 30.3 Å². The molecule has 0 spiro atoms. The summed E-state index contributed by atoms with van der Waals surface area (Å²) in [6.45, 7) is 1.52. The first-order chi connectivity index (χ1) is 11.6. The zero-order valence-electron chi connectivity index (χ0n) is 13.2. The van der Waals surface area contributed by atoms with Crippen molar-refractivity contribution in [3.8, 4) is 0 Å². The number of nitrogens with zero attached hydrogens (tertiary/aromatic N) is 2. The van der Waals surface area contributed by atoms with Gasteiger partial charge in [-0.05, 0) is 55.7 Å². The zero-order chi connectivity index (χ0) is 16.9. The number of aromatic nitrogens is 1. The summed E-state index contributed by atoms with van der Waals surface area (Å²) in [5, 5.41) is 2.78. The van der Waals surface area contributed by atoms with Crippen LogP contribution in [0, 0.1) is 0 Å². The molecular formula is C18H18BrN3O2. The Bertz CT molecular complexity index is 740. The number of likely N-dealkylation sites (tertiary alicyclic amines) is 1. The lowest BCUT2D eigenvalue weighted by Crippen LogP contribution is -2.36. The molecule has 24 heavy (non-hydrogen) atoms. The van der Waals surface area contributed by atoms with E-state index in [0.717, 1.165) is 36.8 Å². The van der Waals surface area contributed by atoms with Gasteiger partial charge in [-0.25, -0.2) is 4.98 Å². The summed E-state index contributed by atoms with van der Waals surface area (Å²) in [5.41, 5.74) is 1.24. The average Bonchev–Trinajstić information content (AvgIpc) is 2.64. The summed E-state index contributed by atoms with van der Waals surface area (Å²) < 4.78 is 0.938. The Hall–Kier alpha value is -2.21. The van der Waals surface area contributed by atoms with E-state index in [9.17, 15) is 9.59 Å². The van der Waals surface area contributed by atoms with E-state index in [1.807, 2.05) is 17.0 Å². The number of nitrogens with one attached hydrogen (secondary N) is 1. The Labute approximate surface area is 149 Å². The van der Waals surface area contributed by atoms with Crippen molar-refractivity contribution in [2.45, 2.75) is 19.3 Å². The third kappa shape index (κ3) is 4.00. The zero-order valence-corrected chi connectivity index (χ0v) is 14.8. The van der Waals surface area contributed by atoms with Crippen LogP contribution in [0.3, 0.4) is 0 Å². The van der Waals surface area contributed by atoms with E-state index in [0.29, 0.717) is 11.4 Å². The lowest BCUT2D eigenvalue weighted by Gasteiger charge is -2.26. The third-order valence-electron chi connectivity index (χ3n) is 3.95. The number of hydrogen-bond donors (Lipinski definition) is 1. The highest BCUT2D eigenvalue weighted by molar-refractivity contribution is 9.10. The maximum atomic E-state index is 12.5. The lowest BCUT2D eigenvalue weighted by molar-refractivity contribution is 0.0718. The minimum Gasteiger partial charge on any atom is -0.337 e. The Morgan fingerprint density at radius 1 is 0.958 bits per heavy atom. The smallest absolute Gasteiger partial charge is 0.274 e. The lowest BCUT2D eigenvalue weighted by atomic mass is 10.1. The van der Waals surface area contributed by atoms with Crippen molar-refractivity contribution in [1.82, 2.24) is 9.88 Å². The second-order valence-corrected chi connectivity index (χ2v) is 6.64.